The second-order valence-corrected chi connectivity index (χ2v) is 14.7. The number of hydrogen-bond acceptors (Lipinski definition) is 6. The predicted octanol–water partition coefficient (Wildman–Crippen LogP) is 4.87. The van der Waals surface area contributed by atoms with Crippen LogP contribution in [0.5, 0.6) is 0 Å². The Labute approximate surface area is 299 Å². The molecule has 3 amide bonds. The van der Waals surface area contributed by atoms with Gasteiger partial charge in [0, 0.05) is 35.7 Å². The second kappa shape index (κ2) is 16.1. The molecule has 1 aromatic heterocycles. The summed E-state index contributed by atoms with van der Waals surface area (Å²) in [7, 11) is 4.24. The van der Waals surface area contributed by atoms with Gasteiger partial charge in [0.05, 0.1) is 10.9 Å². The summed E-state index contributed by atoms with van der Waals surface area (Å²) >= 11 is 0. The minimum Gasteiger partial charge on any atom is -0.349 e. The van der Waals surface area contributed by atoms with Crippen LogP contribution in [0.1, 0.15) is 72.9 Å². The summed E-state index contributed by atoms with van der Waals surface area (Å²) in [6, 6.07) is 18.8. The fourth-order valence-corrected chi connectivity index (χ4v) is 7.69. The molecule has 2 aliphatic carbocycles. The summed E-state index contributed by atoms with van der Waals surface area (Å²) in [5.74, 6) is -0.202. The third-order valence-electron chi connectivity index (χ3n) is 11.0. The van der Waals surface area contributed by atoms with Gasteiger partial charge in [-0.2, -0.15) is 0 Å². The number of H-pyrrole nitrogens is 2. The highest BCUT2D eigenvalue weighted by Gasteiger charge is 2.30. The van der Waals surface area contributed by atoms with E-state index in [0.717, 1.165) is 73.6 Å². The zero-order chi connectivity index (χ0) is 36.1. The summed E-state index contributed by atoms with van der Waals surface area (Å²) < 4.78 is 0. The van der Waals surface area contributed by atoms with Crippen molar-refractivity contribution in [3.8, 4) is 11.1 Å². The van der Waals surface area contributed by atoms with Crippen LogP contribution in [0, 0.1) is 18.8 Å². The molecule has 11 nitrogen and oxygen atoms in total. The van der Waals surface area contributed by atoms with Crippen LogP contribution in [0.15, 0.2) is 65.5 Å². The van der Waals surface area contributed by atoms with Gasteiger partial charge in [-0.05, 0) is 137 Å². The number of benzene rings is 3. The van der Waals surface area contributed by atoms with Crippen molar-refractivity contribution in [3.05, 3.63) is 87.7 Å². The molecule has 2 fully saturated rings. The van der Waals surface area contributed by atoms with Crippen LogP contribution >= 0.6 is 0 Å². The van der Waals surface area contributed by atoms with Crippen LogP contribution in [-0.2, 0) is 16.0 Å². The fourth-order valence-electron chi connectivity index (χ4n) is 7.69. The molecule has 2 aliphatic rings. The van der Waals surface area contributed by atoms with Gasteiger partial charge in [0.2, 0.25) is 11.8 Å². The fraction of sp³-hybridized carbons (Fsp3) is 0.450. The Hall–Kier alpha value is -4.74. The lowest BCUT2D eigenvalue weighted by molar-refractivity contribution is -0.130. The van der Waals surface area contributed by atoms with Crippen molar-refractivity contribution in [3.63, 3.8) is 0 Å². The highest BCUT2D eigenvalue weighted by Crippen LogP contribution is 2.29. The van der Waals surface area contributed by atoms with Gasteiger partial charge in [0.15, 0.2) is 0 Å². The lowest BCUT2D eigenvalue weighted by atomic mass is 9.81. The Balaban J connectivity index is 1.13. The summed E-state index contributed by atoms with van der Waals surface area (Å²) in [5, 5.41) is 15.1. The van der Waals surface area contributed by atoms with Crippen molar-refractivity contribution in [2.75, 3.05) is 26.0 Å². The normalized spacial score (nSPS) is 21.3. The molecule has 0 aliphatic heterocycles. The molecule has 51 heavy (non-hydrogen) atoms. The number of nitrogens with zero attached hydrogens (tertiary/aromatic N) is 1. The van der Waals surface area contributed by atoms with Crippen LogP contribution < -0.4 is 27.2 Å². The number of aromatic nitrogens is 2. The quantitative estimate of drug-likeness (QED) is 0.131. The van der Waals surface area contributed by atoms with E-state index >= 15 is 0 Å². The molecule has 1 heterocycles. The molecule has 11 heteroatoms. The standard InChI is InChI=1S/C40H51N7O4/c1-24-20-29(38(49)42-30-13-16-32(17-14-30)47(2)3)12-18-33(24)27-8-4-25(5-9-27)21-36(44-37(48)28-10-6-26(23-41)7-11-28)40(51)43-31-15-19-34-35(22-31)45-46-39(34)50/h4-5,8-9,12,15,18-20,22,26,28,30,32,36H,6-7,10-11,13-14,16-17,21,23,41H2,1-3H3,(H,42,49)(H,43,51)(H,44,48)(H2,45,46,50)/t26-,28-,30?,32?,36?. The van der Waals surface area contributed by atoms with E-state index in [9.17, 15) is 19.2 Å². The van der Waals surface area contributed by atoms with E-state index in [-0.39, 0.29) is 35.2 Å². The molecule has 3 aromatic carbocycles. The Morgan fingerprint density at radius 1 is 0.882 bits per heavy atom. The molecule has 4 aromatic rings. The van der Waals surface area contributed by atoms with Crippen molar-refractivity contribution < 1.29 is 14.4 Å². The van der Waals surface area contributed by atoms with Crippen molar-refractivity contribution in [2.24, 2.45) is 17.6 Å². The Kier molecular flexibility index (Phi) is 11.4. The molecule has 270 valence electrons. The van der Waals surface area contributed by atoms with E-state index in [1.807, 2.05) is 49.4 Å². The highest BCUT2D eigenvalue weighted by molar-refractivity contribution is 5.99. The molecule has 0 saturated heterocycles. The van der Waals surface area contributed by atoms with Gasteiger partial charge >= 0.3 is 0 Å². The number of nitrogens with two attached hydrogens (primary N) is 1. The zero-order valence-electron chi connectivity index (χ0n) is 29.9. The van der Waals surface area contributed by atoms with E-state index in [0.29, 0.717) is 47.1 Å². The van der Waals surface area contributed by atoms with E-state index < -0.39 is 6.04 Å². The average molecular weight is 694 g/mol. The van der Waals surface area contributed by atoms with Gasteiger partial charge in [0.1, 0.15) is 6.04 Å². The molecule has 6 rings (SSSR count). The highest BCUT2D eigenvalue weighted by atomic mass is 16.2. The Morgan fingerprint density at radius 2 is 1.61 bits per heavy atom. The number of hydrogen-bond donors (Lipinski definition) is 6. The number of nitrogens with one attached hydrogen (secondary N) is 5. The van der Waals surface area contributed by atoms with Crippen molar-refractivity contribution >= 4 is 34.3 Å². The number of aromatic amines is 2. The van der Waals surface area contributed by atoms with Crippen molar-refractivity contribution in [1.82, 2.24) is 25.7 Å². The summed E-state index contributed by atoms with van der Waals surface area (Å²) in [5.41, 5.74) is 11.3. The molecular weight excluding hydrogens is 642 g/mol. The molecule has 1 atom stereocenters. The van der Waals surface area contributed by atoms with Crippen LogP contribution in [0.3, 0.4) is 0 Å². The number of anilines is 1. The molecule has 0 radical (unpaired) electrons. The Morgan fingerprint density at radius 3 is 2.27 bits per heavy atom. The first kappa shape index (κ1) is 36.1. The van der Waals surface area contributed by atoms with Crippen LogP contribution in [0.2, 0.25) is 0 Å². The van der Waals surface area contributed by atoms with Crippen LogP contribution in [0.25, 0.3) is 22.0 Å². The average Bonchev–Trinajstić information content (AvgIpc) is 3.51. The lowest BCUT2D eigenvalue weighted by Gasteiger charge is -2.33. The molecule has 2 saturated carbocycles. The number of carbonyl (C=O) groups excluding carboxylic acids is 3. The summed E-state index contributed by atoms with van der Waals surface area (Å²) in [6.07, 6.45) is 7.79. The largest absolute Gasteiger partial charge is 0.349 e. The van der Waals surface area contributed by atoms with Gasteiger partial charge in [-0.1, -0.05) is 30.3 Å². The van der Waals surface area contributed by atoms with Gasteiger partial charge in [-0.25, -0.2) is 0 Å². The van der Waals surface area contributed by atoms with Crippen LogP contribution in [0.4, 0.5) is 5.69 Å². The molecule has 1 unspecified atom stereocenters. The SMILES string of the molecule is Cc1cc(C(=O)NC2CCC(N(C)C)CC2)ccc1-c1ccc(CC(NC(=O)[C@H]2CC[C@H](CN)CC2)C(=O)Nc2ccc3c(=O)[nH][nH]c3c2)cc1. The lowest BCUT2D eigenvalue weighted by Crippen LogP contribution is -2.48. The maximum Gasteiger partial charge on any atom is 0.271 e. The maximum absolute atomic E-state index is 13.7. The van der Waals surface area contributed by atoms with Gasteiger partial charge in [-0.15, -0.1) is 0 Å². The maximum atomic E-state index is 13.7. The minimum absolute atomic E-state index is 0.0339. The second-order valence-electron chi connectivity index (χ2n) is 14.7. The van der Waals surface area contributed by atoms with Crippen molar-refractivity contribution in [2.45, 2.75) is 82.8 Å². The minimum atomic E-state index is -0.811. The first-order valence-corrected chi connectivity index (χ1v) is 18.3. The van der Waals surface area contributed by atoms with E-state index in [4.69, 9.17) is 5.73 Å². The third-order valence-corrected chi connectivity index (χ3v) is 11.0. The molecule has 7 N–H and O–H groups in total. The number of carbonyl (C=O) groups is 3. The van der Waals surface area contributed by atoms with Gasteiger partial charge < -0.3 is 26.6 Å². The van der Waals surface area contributed by atoms with Crippen LogP contribution in [-0.4, -0.2) is 71.6 Å². The number of rotatable bonds is 11. The molecule has 0 spiro atoms. The van der Waals surface area contributed by atoms with E-state index in [1.54, 1.807) is 18.2 Å². The predicted molar refractivity (Wildman–Crippen MR) is 201 cm³/mol. The van der Waals surface area contributed by atoms with Gasteiger partial charge in [0.25, 0.3) is 11.5 Å². The summed E-state index contributed by atoms with van der Waals surface area (Å²) in [4.78, 5) is 54.5. The van der Waals surface area contributed by atoms with E-state index in [2.05, 4.69) is 45.1 Å². The zero-order valence-corrected chi connectivity index (χ0v) is 29.9. The third kappa shape index (κ3) is 8.77. The molecule has 0 bridgehead atoms. The topological polar surface area (TPSA) is 165 Å². The van der Waals surface area contributed by atoms with Crippen molar-refractivity contribution in [1.29, 1.82) is 0 Å². The number of fused-ring (bicyclic) bond motifs is 1. The smallest absolute Gasteiger partial charge is 0.271 e. The monoisotopic (exact) mass is 693 g/mol. The summed E-state index contributed by atoms with van der Waals surface area (Å²) in [6.45, 7) is 2.64. The van der Waals surface area contributed by atoms with E-state index in [1.165, 1.54) is 0 Å². The first-order valence-electron chi connectivity index (χ1n) is 18.3. The van der Waals surface area contributed by atoms with Gasteiger partial charge in [-0.3, -0.25) is 29.4 Å². The molecular formula is C40H51N7O4. The Bertz CT molecular complexity index is 1900. The first-order chi connectivity index (χ1) is 24.6. The number of aryl methyl sites for hydroxylation is 1. The number of amides is 3.